The summed E-state index contributed by atoms with van der Waals surface area (Å²) in [6.07, 6.45) is 7.18. The maximum Gasteiger partial charge on any atom is 0.210 e. The quantitative estimate of drug-likeness (QED) is 0.845. The van der Waals surface area contributed by atoms with Crippen LogP contribution in [0.5, 0.6) is 5.88 Å². The van der Waals surface area contributed by atoms with Crippen LogP contribution in [0.15, 0.2) is 23.5 Å². The van der Waals surface area contributed by atoms with Crippen LogP contribution >= 0.6 is 23.6 Å². The number of aliphatic imine (C=N–C) groups is 1. The van der Waals surface area contributed by atoms with Crippen molar-refractivity contribution in [3.63, 3.8) is 0 Å². The first kappa shape index (κ1) is 13.2. The minimum absolute atomic E-state index is 0.139. The van der Waals surface area contributed by atoms with Gasteiger partial charge in [-0.15, -0.1) is 11.3 Å². The number of aromatic hydroxyl groups is 1. The zero-order valence-electron chi connectivity index (χ0n) is 11.1. The normalized spacial score (nSPS) is 15.2. The maximum atomic E-state index is 10.3. The zero-order valence-corrected chi connectivity index (χ0v) is 12.7. The van der Waals surface area contributed by atoms with Crippen molar-refractivity contribution in [3.8, 4) is 5.88 Å². The minimum Gasteiger partial charge on any atom is -0.493 e. The lowest BCUT2D eigenvalue weighted by atomic mass is 10.1. The summed E-state index contributed by atoms with van der Waals surface area (Å²) in [4.78, 5) is 9.11. The van der Waals surface area contributed by atoms with Gasteiger partial charge in [0.25, 0.3) is 0 Å². The topological polar surface area (TPSA) is 50.4 Å². The largest absolute Gasteiger partial charge is 0.493 e. The third-order valence-corrected chi connectivity index (χ3v) is 4.44. The third-order valence-electron chi connectivity index (χ3n) is 3.10. The predicted octanol–water partition coefficient (Wildman–Crippen LogP) is 4.22. The van der Waals surface area contributed by atoms with E-state index in [4.69, 9.17) is 12.2 Å². The Balaban J connectivity index is 2.10. The highest BCUT2D eigenvalue weighted by Crippen LogP contribution is 2.36. The number of fused-ring (bicyclic) bond motifs is 1. The Kier molecular flexibility index (Phi) is 3.27. The van der Waals surface area contributed by atoms with E-state index in [1.165, 1.54) is 11.3 Å². The van der Waals surface area contributed by atoms with Gasteiger partial charge in [-0.1, -0.05) is 0 Å². The molecule has 3 heterocycles. The van der Waals surface area contributed by atoms with Crippen molar-refractivity contribution in [2.75, 3.05) is 0 Å². The van der Waals surface area contributed by atoms with Gasteiger partial charge in [0, 0.05) is 29.6 Å². The fourth-order valence-corrected chi connectivity index (χ4v) is 3.67. The van der Waals surface area contributed by atoms with Gasteiger partial charge in [-0.2, -0.15) is 0 Å². The molecule has 0 aliphatic carbocycles. The summed E-state index contributed by atoms with van der Waals surface area (Å²) in [5, 5.41) is 10.3. The summed E-state index contributed by atoms with van der Waals surface area (Å²) in [6, 6.07) is 2.06. The summed E-state index contributed by atoms with van der Waals surface area (Å²) in [5.74, 6) is 0.221. The molecule has 1 aliphatic rings. The highest BCUT2D eigenvalue weighted by Gasteiger charge is 2.16. The molecule has 0 amide bonds. The Morgan fingerprint density at radius 2 is 2.25 bits per heavy atom. The molecule has 0 unspecified atom stereocenters. The Morgan fingerprint density at radius 1 is 1.45 bits per heavy atom. The molecule has 3 rings (SSSR count). The van der Waals surface area contributed by atoms with Gasteiger partial charge in [0.05, 0.1) is 16.8 Å². The van der Waals surface area contributed by atoms with Gasteiger partial charge in [0.15, 0.2) is 3.95 Å². The molecule has 2 aromatic heterocycles. The molecule has 1 N–H and O–H groups in total. The maximum absolute atomic E-state index is 10.3. The molecular formula is C14H13N3OS2. The lowest BCUT2D eigenvalue weighted by molar-refractivity contribution is 0.397. The van der Waals surface area contributed by atoms with E-state index in [0.717, 1.165) is 21.7 Å². The van der Waals surface area contributed by atoms with E-state index >= 15 is 0 Å². The van der Waals surface area contributed by atoms with E-state index in [2.05, 4.69) is 9.98 Å². The van der Waals surface area contributed by atoms with Gasteiger partial charge in [0.2, 0.25) is 5.88 Å². The predicted molar refractivity (Wildman–Crippen MR) is 85.5 cm³/mol. The summed E-state index contributed by atoms with van der Waals surface area (Å²) in [6.45, 7) is 3.99. The Labute approximate surface area is 125 Å². The second-order valence-corrected chi connectivity index (χ2v) is 6.45. The van der Waals surface area contributed by atoms with Gasteiger partial charge in [0.1, 0.15) is 0 Å². The minimum atomic E-state index is 0.139. The van der Waals surface area contributed by atoms with E-state index in [1.807, 2.05) is 26.0 Å². The fraction of sp³-hybridized carbons (Fsp3) is 0.214. The molecule has 0 saturated carbocycles. The summed E-state index contributed by atoms with van der Waals surface area (Å²) >= 11 is 6.71. The van der Waals surface area contributed by atoms with Crippen molar-refractivity contribution in [2.24, 2.45) is 4.99 Å². The molecule has 2 aromatic rings. The van der Waals surface area contributed by atoms with Crippen molar-refractivity contribution in [1.29, 1.82) is 0 Å². The second-order valence-electron chi connectivity index (χ2n) is 4.77. The van der Waals surface area contributed by atoms with Gasteiger partial charge >= 0.3 is 0 Å². The lowest BCUT2D eigenvalue weighted by Gasteiger charge is -2.07. The average Bonchev–Trinajstić information content (AvgIpc) is 2.93. The molecule has 0 fully saturated rings. The number of hydrogen-bond acceptors (Lipinski definition) is 5. The zero-order chi connectivity index (χ0) is 14.3. The Bertz CT molecular complexity index is 784. The molecule has 0 aromatic carbocycles. The summed E-state index contributed by atoms with van der Waals surface area (Å²) in [7, 11) is 0. The van der Waals surface area contributed by atoms with Gasteiger partial charge in [-0.05, 0) is 38.2 Å². The first-order chi connectivity index (χ1) is 9.58. The van der Waals surface area contributed by atoms with Gasteiger partial charge < -0.3 is 5.11 Å². The number of thiazole rings is 1. The van der Waals surface area contributed by atoms with Crippen LogP contribution < -0.4 is 0 Å². The van der Waals surface area contributed by atoms with Crippen LogP contribution in [0.4, 0.5) is 5.69 Å². The van der Waals surface area contributed by atoms with Gasteiger partial charge in [-0.3, -0.25) is 14.5 Å². The summed E-state index contributed by atoms with van der Waals surface area (Å²) in [5.41, 5.74) is 2.84. The van der Waals surface area contributed by atoms with Crippen LogP contribution in [-0.4, -0.2) is 20.9 Å². The molecule has 1 aliphatic heterocycles. The molecule has 4 nitrogen and oxygen atoms in total. The number of allylic oxidation sites excluding steroid dienone is 1. The van der Waals surface area contributed by atoms with Crippen molar-refractivity contribution in [2.45, 2.75) is 19.9 Å². The van der Waals surface area contributed by atoms with Crippen molar-refractivity contribution in [1.82, 2.24) is 9.55 Å². The van der Waals surface area contributed by atoms with Gasteiger partial charge in [-0.25, -0.2) is 0 Å². The van der Waals surface area contributed by atoms with Crippen LogP contribution in [0.2, 0.25) is 0 Å². The van der Waals surface area contributed by atoms with E-state index in [9.17, 15) is 5.11 Å². The summed E-state index contributed by atoms with van der Waals surface area (Å²) < 4.78 is 2.43. The number of rotatable bonds is 2. The number of nitrogens with zero attached hydrogens (tertiary/aromatic N) is 3. The Hall–Kier alpha value is -1.79. The van der Waals surface area contributed by atoms with Crippen LogP contribution in [0.3, 0.4) is 0 Å². The van der Waals surface area contributed by atoms with Crippen molar-refractivity contribution >= 4 is 47.1 Å². The molecule has 0 spiro atoms. The van der Waals surface area contributed by atoms with Crippen LogP contribution in [-0.2, 0) is 0 Å². The number of aromatic nitrogens is 2. The smallest absolute Gasteiger partial charge is 0.210 e. The van der Waals surface area contributed by atoms with E-state index < -0.39 is 0 Å². The number of pyridine rings is 1. The Morgan fingerprint density at radius 3 is 2.95 bits per heavy atom. The van der Waals surface area contributed by atoms with Crippen LogP contribution in [0.25, 0.3) is 11.6 Å². The van der Waals surface area contributed by atoms with Crippen LogP contribution in [0, 0.1) is 3.95 Å². The third kappa shape index (κ3) is 2.10. The molecule has 0 saturated heterocycles. The highest BCUT2D eigenvalue weighted by atomic mass is 32.1. The molecule has 20 heavy (non-hydrogen) atoms. The second kappa shape index (κ2) is 4.96. The molecular weight excluding hydrogens is 290 g/mol. The van der Waals surface area contributed by atoms with Crippen molar-refractivity contribution in [3.05, 3.63) is 32.9 Å². The average molecular weight is 303 g/mol. The molecule has 6 heteroatoms. The van der Waals surface area contributed by atoms with E-state index in [0.29, 0.717) is 3.95 Å². The van der Waals surface area contributed by atoms with Crippen molar-refractivity contribution < 1.29 is 5.11 Å². The molecule has 0 atom stereocenters. The fourth-order valence-electron chi connectivity index (χ4n) is 2.14. The lowest BCUT2D eigenvalue weighted by Crippen LogP contribution is -1.99. The standard InChI is InChI=1S/C14H13N3OS2/c1-8(2)17-13(18)12(20-14(17)19)5-9-6-16-11-7-15-4-3-10(9)11/h3-8,18H,1-2H3. The molecule has 0 radical (unpaired) electrons. The van der Waals surface area contributed by atoms with E-state index in [1.54, 1.807) is 23.2 Å². The first-order valence-electron chi connectivity index (χ1n) is 6.22. The van der Waals surface area contributed by atoms with E-state index in [-0.39, 0.29) is 11.9 Å². The molecule has 102 valence electrons. The SMILES string of the molecule is CC(C)n1c(O)c(C=C2C=Nc3cnccc32)sc1=S. The first-order valence-corrected chi connectivity index (χ1v) is 7.45. The molecule has 0 bridgehead atoms. The highest BCUT2D eigenvalue weighted by molar-refractivity contribution is 7.73. The number of hydrogen-bond donors (Lipinski definition) is 1. The monoisotopic (exact) mass is 303 g/mol. The van der Waals surface area contributed by atoms with Crippen LogP contribution in [0.1, 0.15) is 30.3 Å².